The maximum atomic E-state index is 12.2. The second kappa shape index (κ2) is 6.57. The van der Waals surface area contributed by atoms with Gasteiger partial charge in [-0.15, -0.1) is 11.3 Å². The summed E-state index contributed by atoms with van der Waals surface area (Å²) in [5.41, 5.74) is 0. The minimum atomic E-state index is -1.42. The van der Waals surface area contributed by atoms with Crippen molar-refractivity contribution in [3.8, 4) is 0 Å². The second-order valence-electron chi connectivity index (χ2n) is 4.88. The Balaban J connectivity index is 2.00. The number of aliphatic carboxylic acids is 2. The summed E-state index contributed by atoms with van der Waals surface area (Å²) in [6.07, 6.45) is 1.13. The van der Waals surface area contributed by atoms with E-state index >= 15 is 0 Å². The van der Waals surface area contributed by atoms with E-state index < -0.39 is 30.4 Å². The molecule has 2 rings (SSSR count). The van der Waals surface area contributed by atoms with Gasteiger partial charge in [-0.3, -0.25) is 4.79 Å². The fourth-order valence-electron chi connectivity index (χ4n) is 1.93. The Kier molecular flexibility index (Phi) is 4.79. The maximum absolute atomic E-state index is 12.2. The van der Waals surface area contributed by atoms with Crippen LogP contribution in [0.2, 0.25) is 0 Å². The predicted octanol–water partition coefficient (Wildman–Crippen LogP) is 1.35. The molecule has 0 aliphatic heterocycles. The van der Waals surface area contributed by atoms with Gasteiger partial charge in [-0.25, -0.2) is 9.59 Å². The number of carboxylic acids is 2. The molecule has 2 amide bonds. The molecule has 1 atom stereocenters. The highest BCUT2D eigenvalue weighted by atomic mass is 32.1. The SMILES string of the molecule is O=C(O)CC(NC(=O)N(Cc1cccs1)C1CC1)C(=O)O. The quantitative estimate of drug-likeness (QED) is 0.704. The van der Waals surface area contributed by atoms with Crippen LogP contribution in [0.4, 0.5) is 4.79 Å². The molecule has 1 unspecified atom stereocenters. The van der Waals surface area contributed by atoms with Gasteiger partial charge in [-0.1, -0.05) is 6.07 Å². The molecule has 1 saturated carbocycles. The summed E-state index contributed by atoms with van der Waals surface area (Å²) in [6.45, 7) is 0.410. The number of nitrogens with one attached hydrogen (secondary N) is 1. The molecule has 1 aromatic heterocycles. The molecule has 114 valence electrons. The minimum absolute atomic E-state index is 0.103. The lowest BCUT2D eigenvalue weighted by Gasteiger charge is -2.24. The predicted molar refractivity (Wildman–Crippen MR) is 75.1 cm³/mol. The summed E-state index contributed by atoms with van der Waals surface area (Å²) in [5.74, 6) is -2.61. The largest absolute Gasteiger partial charge is 0.481 e. The van der Waals surface area contributed by atoms with Gasteiger partial charge < -0.3 is 20.4 Å². The summed E-state index contributed by atoms with van der Waals surface area (Å²) in [5, 5.41) is 21.9. The summed E-state index contributed by atoms with van der Waals surface area (Å²) in [7, 11) is 0. The van der Waals surface area contributed by atoms with E-state index in [2.05, 4.69) is 5.32 Å². The van der Waals surface area contributed by atoms with E-state index in [9.17, 15) is 14.4 Å². The Morgan fingerprint density at radius 1 is 1.38 bits per heavy atom. The van der Waals surface area contributed by atoms with Gasteiger partial charge in [0.15, 0.2) is 0 Å². The van der Waals surface area contributed by atoms with Gasteiger partial charge in [0.05, 0.1) is 13.0 Å². The van der Waals surface area contributed by atoms with Crippen LogP contribution < -0.4 is 5.32 Å². The average molecular weight is 312 g/mol. The first-order valence-corrected chi connectivity index (χ1v) is 7.39. The molecular weight excluding hydrogens is 296 g/mol. The van der Waals surface area contributed by atoms with Crippen LogP contribution in [-0.4, -0.2) is 45.2 Å². The van der Waals surface area contributed by atoms with Gasteiger partial charge in [0, 0.05) is 10.9 Å². The van der Waals surface area contributed by atoms with Crippen LogP contribution in [0.3, 0.4) is 0 Å². The number of hydrogen-bond donors (Lipinski definition) is 3. The molecule has 3 N–H and O–H groups in total. The van der Waals surface area contributed by atoms with Crippen LogP contribution in [-0.2, 0) is 16.1 Å². The van der Waals surface area contributed by atoms with Crippen molar-refractivity contribution in [1.82, 2.24) is 10.2 Å². The van der Waals surface area contributed by atoms with Crippen molar-refractivity contribution in [1.29, 1.82) is 0 Å². The summed E-state index contributed by atoms with van der Waals surface area (Å²) in [4.78, 5) is 36.4. The van der Waals surface area contributed by atoms with E-state index in [-0.39, 0.29) is 6.04 Å². The third-order valence-electron chi connectivity index (χ3n) is 3.13. The zero-order valence-corrected chi connectivity index (χ0v) is 12.0. The van der Waals surface area contributed by atoms with Crippen LogP contribution in [0.5, 0.6) is 0 Å². The van der Waals surface area contributed by atoms with E-state index in [0.29, 0.717) is 6.54 Å². The average Bonchev–Trinajstić information content (AvgIpc) is 3.11. The lowest BCUT2D eigenvalue weighted by atomic mass is 10.2. The van der Waals surface area contributed by atoms with Crippen LogP contribution in [0, 0.1) is 0 Å². The number of amides is 2. The Morgan fingerprint density at radius 2 is 2.10 bits per heavy atom. The fraction of sp³-hybridized carbons (Fsp3) is 0.462. The smallest absolute Gasteiger partial charge is 0.326 e. The van der Waals surface area contributed by atoms with E-state index in [1.807, 2.05) is 17.5 Å². The normalized spacial score (nSPS) is 15.2. The lowest BCUT2D eigenvalue weighted by molar-refractivity contribution is -0.145. The minimum Gasteiger partial charge on any atom is -0.481 e. The first kappa shape index (κ1) is 15.3. The number of thiophene rings is 1. The summed E-state index contributed by atoms with van der Waals surface area (Å²) < 4.78 is 0. The van der Waals surface area contributed by atoms with Crippen LogP contribution in [0.1, 0.15) is 24.1 Å². The zero-order chi connectivity index (χ0) is 15.4. The molecule has 7 nitrogen and oxygen atoms in total. The van der Waals surface area contributed by atoms with Crippen LogP contribution >= 0.6 is 11.3 Å². The molecule has 0 spiro atoms. The third kappa shape index (κ3) is 4.45. The highest BCUT2D eigenvalue weighted by Gasteiger charge is 2.34. The molecule has 21 heavy (non-hydrogen) atoms. The zero-order valence-electron chi connectivity index (χ0n) is 11.2. The van der Waals surface area contributed by atoms with Crippen molar-refractivity contribution in [2.45, 2.75) is 37.9 Å². The van der Waals surface area contributed by atoms with Gasteiger partial charge in [-0.05, 0) is 24.3 Å². The first-order chi connectivity index (χ1) is 9.97. The number of hydrogen-bond acceptors (Lipinski definition) is 4. The van der Waals surface area contributed by atoms with Crippen LogP contribution in [0.25, 0.3) is 0 Å². The molecule has 1 heterocycles. The molecule has 1 aromatic rings. The fourth-order valence-corrected chi connectivity index (χ4v) is 2.63. The number of rotatable bonds is 7. The molecule has 0 bridgehead atoms. The molecule has 0 radical (unpaired) electrons. The van der Waals surface area contributed by atoms with Gasteiger partial charge in [-0.2, -0.15) is 0 Å². The van der Waals surface area contributed by atoms with Crippen molar-refractivity contribution < 1.29 is 24.6 Å². The standard InChI is InChI=1S/C13H16N2O5S/c16-11(17)6-10(12(18)19)14-13(20)15(8-3-4-8)7-9-2-1-5-21-9/h1-2,5,8,10H,3-4,6-7H2,(H,14,20)(H,16,17)(H,18,19). The van der Waals surface area contributed by atoms with Gasteiger partial charge >= 0.3 is 18.0 Å². The Labute approximate surface area is 125 Å². The highest BCUT2D eigenvalue weighted by Crippen LogP contribution is 2.29. The Hall–Kier alpha value is -2.09. The number of carbonyl (C=O) groups excluding carboxylic acids is 1. The lowest BCUT2D eigenvalue weighted by Crippen LogP contribution is -2.49. The summed E-state index contributed by atoms with van der Waals surface area (Å²) >= 11 is 1.52. The Bertz CT molecular complexity index is 527. The van der Waals surface area contributed by atoms with E-state index in [1.165, 1.54) is 11.3 Å². The number of nitrogens with zero attached hydrogens (tertiary/aromatic N) is 1. The molecule has 1 fully saturated rings. The first-order valence-electron chi connectivity index (χ1n) is 6.51. The van der Waals surface area contributed by atoms with E-state index in [1.54, 1.807) is 4.90 Å². The van der Waals surface area contributed by atoms with Crippen molar-refractivity contribution in [3.05, 3.63) is 22.4 Å². The van der Waals surface area contributed by atoms with Gasteiger partial charge in [0.1, 0.15) is 6.04 Å². The molecular formula is C13H16N2O5S. The molecule has 1 aliphatic carbocycles. The van der Waals surface area contributed by atoms with Gasteiger partial charge in [0.25, 0.3) is 0 Å². The number of urea groups is 1. The molecule has 8 heteroatoms. The van der Waals surface area contributed by atoms with Crippen molar-refractivity contribution in [2.24, 2.45) is 0 Å². The summed E-state index contributed by atoms with van der Waals surface area (Å²) in [6, 6.07) is 1.94. The third-order valence-corrected chi connectivity index (χ3v) is 3.99. The topological polar surface area (TPSA) is 107 Å². The second-order valence-corrected chi connectivity index (χ2v) is 5.91. The van der Waals surface area contributed by atoms with E-state index in [0.717, 1.165) is 17.7 Å². The number of carboxylic acid groups (broad SMARTS) is 2. The number of carbonyl (C=O) groups is 3. The molecule has 0 saturated heterocycles. The molecule has 0 aromatic carbocycles. The van der Waals surface area contributed by atoms with Crippen molar-refractivity contribution in [3.63, 3.8) is 0 Å². The monoisotopic (exact) mass is 312 g/mol. The maximum Gasteiger partial charge on any atom is 0.326 e. The highest BCUT2D eigenvalue weighted by molar-refractivity contribution is 7.09. The Morgan fingerprint density at radius 3 is 2.57 bits per heavy atom. The van der Waals surface area contributed by atoms with Crippen molar-refractivity contribution >= 4 is 29.3 Å². The van der Waals surface area contributed by atoms with Crippen molar-refractivity contribution in [2.75, 3.05) is 0 Å². The van der Waals surface area contributed by atoms with Gasteiger partial charge in [0.2, 0.25) is 0 Å². The van der Waals surface area contributed by atoms with Crippen LogP contribution in [0.15, 0.2) is 17.5 Å². The molecule has 1 aliphatic rings. The van der Waals surface area contributed by atoms with E-state index in [4.69, 9.17) is 10.2 Å².